The van der Waals surface area contributed by atoms with Gasteiger partial charge in [0.15, 0.2) is 5.82 Å². The number of pyridine rings is 1. The monoisotopic (exact) mass is 221 g/mol. The Morgan fingerprint density at radius 1 is 1.33 bits per heavy atom. The zero-order valence-electron chi connectivity index (χ0n) is 8.74. The van der Waals surface area contributed by atoms with Crippen molar-refractivity contribution in [2.45, 2.75) is 19.7 Å². The second-order valence-electron chi connectivity index (χ2n) is 3.58. The van der Waals surface area contributed by atoms with E-state index < -0.39 is 0 Å². The van der Waals surface area contributed by atoms with Crippen LogP contribution in [0.3, 0.4) is 0 Å². The van der Waals surface area contributed by atoms with E-state index in [1.165, 1.54) is 0 Å². The van der Waals surface area contributed by atoms with Crippen molar-refractivity contribution in [3.05, 3.63) is 41.3 Å². The number of nitrogens with zero attached hydrogens (tertiary/aromatic N) is 3. The van der Waals surface area contributed by atoms with Gasteiger partial charge in [-0.1, -0.05) is 0 Å². The van der Waals surface area contributed by atoms with Gasteiger partial charge in [0.2, 0.25) is 0 Å². The second-order valence-corrected chi connectivity index (χ2v) is 3.85. The SMILES string of the molecule is Cc1cnn(-c2ncc(CCl)cc2C)c1. The van der Waals surface area contributed by atoms with Crippen LogP contribution in [0.2, 0.25) is 0 Å². The van der Waals surface area contributed by atoms with Gasteiger partial charge in [-0.3, -0.25) is 0 Å². The van der Waals surface area contributed by atoms with Gasteiger partial charge >= 0.3 is 0 Å². The van der Waals surface area contributed by atoms with Crippen LogP contribution in [0.1, 0.15) is 16.7 Å². The first-order valence-corrected chi connectivity index (χ1v) is 5.27. The Balaban J connectivity index is 2.45. The number of halogens is 1. The van der Waals surface area contributed by atoms with Gasteiger partial charge < -0.3 is 0 Å². The molecule has 2 heterocycles. The zero-order valence-corrected chi connectivity index (χ0v) is 9.49. The largest absolute Gasteiger partial charge is 0.237 e. The van der Waals surface area contributed by atoms with E-state index in [9.17, 15) is 0 Å². The molecule has 0 aromatic carbocycles. The van der Waals surface area contributed by atoms with Gasteiger partial charge in [0.25, 0.3) is 0 Å². The van der Waals surface area contributed by atoms with Crippen LogP contribution in [0, 0.1) is 13.8 Å². The fraction of sp³-hybridized carbons (Fsp3) is 0.273. The average Bonchev–Trinajstić information content (AvgIpc) is 2.64. The highest BCUT2D eigenvalue weighted by atomic mass is 35.5. The second kappa shape index (κ2) is 4.03. The molecule has 0 aliphatic rings. The quantitative estimate of drug-likeness (QED) is 0.730. The third kappa shape index (κ3) is 2.02. The van der Waals surface area contributed by atoms with Gasteiger partial charge in [0, 0.05) is 18.3 Å². The van der Waals surface area contributed by atoms with Gasteiger partial charge in [-0.15, -0.1) is 11.6 Å². The molecule has 0 atom stereocenters. The molecule has 78 valence electrons. The summed E-state index contributed by atoms with van der Waals surface area (Å²) >= 11 is 5.74. The Kier molecular flexibility index (Phi) is 2.73. The molecule has 0 aliphatic heterocycles. The molecule has 2 rings (SSSR count). The lowest BCUT2D eigenvalue weighted by atomic mass is 10.2. The van der Waals surface area contributed by atoms with Crippen LogP contribution in [-0.4, -0.2) is 14.8 Å². The summed E-state index contributed by atoms with van der Waals surface area (Å²) in [6.07, 6.45) is 5.55. The molecule has 0 saturated carbocycles. The average molecular weight is 222 g/mol. The van der Waals surface area contributed by atoms with Crippen molar-refractivity contribution in [1.82, 2.24) is 14.8 Å². The molecule has 0 unspecified atom stereocenters. The molecule has 0 spiro atoms. The highest BCUT2D eigenvalue weighted by Crippen LogP contribution is 2.13. The minimum Gasteiger partial charge on any atom is -0.237 e. The van der Waals surface area contributed by atoms with Crippen LogP contribution in [0.4, 0.5) is 0 Å². The third-order valence-electron chi connectivity index (χ3n) is 2.19. The Bertz CT molecular complexity index is 476. The summed E-state index contributed by atoms with van der Waals surface area (Å²) in [6, 6.07) is 2.03. The Morgan fingerprint density at radius 3 is 2.67 bits per heavy atom. The standard InChI is InChI=1S/C11H12ClN3/c1-8-5-14-15(7-8)11-9(2)3-10(4-12)6-13-11/h3,5-7H,4H2,1-2H3. The smallest absolute Gasteiger partial charge is 0.156 e. The summed E-state index contributed by atoms with van der Waals surface area (Å²) in [7, 11) is 0. The number of alkyl halides is 1. The molecule has 0 fully saturated rings. The lowest BCUT2D eigenvalue weighted by Gasteiger charge is -2.05. The van der Waals surface area contributed by atoms with Crippen molar-refractivity contribution in [2.75, 3.05) is 0 Å². The summed E-state index contributed by atoms with van der Waals surface area (Å²) in [5, 5.41) is 4.22. The van der Waals surface area contributed by atoms with Crippen LogP contribution in [0.25, 0.3) is 5.82 Å². The molecule has 0 bridgehead atoms. The molecule has 2 aromatic heterocycles. The zero-order chi connectivity index (χ0) is 10.8. The van der Waals surface area contributed by atoms with E-state index in [1.807, 2.05) is 32.3 Å². The lowest BCUT2D eigenvalue weighted by Crippen LogP contribution is -2.01. The molecule has 0 radical (unpaired) electrons. The number of aromatic nitrogens is 3. The highest BCUT2D eigenvalue weighted by molar-refractivity contribution is 6.17. The van der Waals surface area contributed by atoms with Gasteiger partial charge in [-0.05, 0) is 36.6 Å². The number of hydrogen-bond donors (Lipinski definition) is 0. The van der Waals surface area contributed by atoms with Crippen LogP contribution in [0.15, 0.2) is 24.7 Å². The first-order valence-electron chi connectivity index (χ1n) is 4.74. The lowest BCUT2D eigenvalue weighted by molar-refractivity contribution is 0.835. The molecular weight excluding hydrogens is 210 g/mol. The summed E-state index contributed by atoms with van der Waals surface area (Å²) in [4.78, 5) is 4.35. The van der Waals surface area contributed by atoms with Crippen LogP contribution in [-0.2, 0) is 5.88 Å². The third-order valence-corrected chi connectivity index (χ3v) is 2.50. The van der Waals surface area contributed by atoms with Crippen molar-refractivity contribution < 1.29 is 0 Å². The van der Waals surface area contributed by atoms with Gasteiger partial charge in [-0.2, -0.15) is 5.10 Å². The topological polar surface area (TPSA) is 30.7 Å². The Labute approximate surface area is 93.7 Å². The molecule has 0 saturated heterocycles. The first kappa shape index (κ1) is 10.2. The predicted molar refractivity (Wildman–Crippen MR) is 60.4 cm³/mol. The molecule has 4 heteroatoms. The molecular formula is C11H12ClN3. The van der Waals surface area contributed by atoms with Crippen molar-refractivity contribution in [2.24, 2.45) is 0 Å². The van der Waals surface area contributed by atoms with Crippen molar-refractivity contribution in [1.29, 1.82) is 0 Å². The Morgan fingerprint density at radius 2 is 2.13 bits per heavy atom. The van der Waals surface area contributed by atoms with E-state index in [-0.39, 0.29) is 0 Å². The molecule has 3 nitrogen and oxygen atoms in total. The van der Waals surface area contributed by atoms with E-state index in [4.69, 9.17) is 11.6 Å². The maximum atomic E-state index is 5.74. The first-order chi connectivity index (χ1) is 7.20. The number of aryl methyl sites for hydroxylation is 2. The van der Waals surface area contributed by atoms with Crippen molar-refractivity contribution >= 4 is 11.6 Å². The van der Waals surface area contributed by atoms with Gasteiger partial charge in [0.1, 0.15) is 0 Å². The summed E-state index contributed by atoms with van der Waals surface area (Å²) < 4.78 is 1.78. The predicted octanol–water partition coefficient (Wildman–Crippen LogP) is 2.62. The maximum absolute atomic E-state index is 5.74. The minimum atomic E-state index is 0.492. The molecule has 0 amide bonds. The van der Waals surface area contributed by atoms with Crippen LogP contribution in [0.5, 0.6) is 0 Å². The van der Waals surface area contributed by atoms with Gasteiger partial charge in [0.05, 0.1) is 6.20 Å². The molecule has 15 heavy (non-hydrogen) atoms. The number of hydrogen-bond acceptors (Lipinski definition) is 2. The van der Waals surface area contributed by atoms with E-state index in [0.29, 0.717) is 5.88 Å². The summed E-state index contributed by atoms with van der Waals surface area (Å²) in [6.45, 7) is 4.02. The van der Waals surface area contributed by atoms with E-state index in [1.54, 1.807) is 10.9 Å². The van der Waals surface area contributed by atoms with E-state index in [2.05, 4.69) is 10.1 Å². The van der Waals surface area contributed by atoms with Gasteiger partial charge in [-0.25, -0.2) is 9.67 Å². The number of rotatable bonds is 2. The maximum Gasteiger partial charge on any atom is 0.156 e. The fourth-order valence-electron chi connectivity index (χ4n) is 1.47. The molecule has 2 aromatic rings. The Hall–Kier alpha value is -1.35. The van der Waals surface area contributed by atoms with Crippen molar-refractivity contribution in [3.8, 4) is 5.82 Å². The molecule has 0 aliphatic carbocycles. The van der Waals surface area contributed by atoms with E-state index >= 15 is 0 Å². The van der Waals surface area contributed by atoms with E-state index in [0.717, 1.165) is 22.5 Å². The molecule has 0 N–H and O–H groups in total. The van der Waals surface area contributed by atoms with Crippen LogP contribution >= 0.6 is 11.6 Å². The van der Waals surface area contributed by atoms with Crippen molar-refractivity contribution in [3.63, 3.8) is 0 Å². The highest BCUT2D eigenvalue weighted by Gasteiger charge is 2.04. The van der Waals surface area contributed by atoms with Crippen LogP contribution < -0.4 is 0 Å². The fourth-order valence-corrected chi connectivity index (χ4v) is 1.61. The summed E-state index contributed by atoms with van der Waals surface area (Å²) in [5.41, 5.74) is 3.23. The minimum absolute atomic E-state index is 0.492. The summed E-state index contributed by atoms with van der Waals surface area (Å²) in [5.74, 6) is 1.35. The normalized spacial score (nSPS) is 10.6.